The molecule has 2 aliphatic carbocycles. The van der Waals surface area contributed by atoms with Crippen LogP contribution in [-0.2, 0) is 45.5 Å². The molecule has 4 aromatic heterocycles. The van der Waals surface area contributed by atoms with Crippen LogP contribution in [-0.4, -0.2) is 83.8 Å². The predicted molar refractivity (Wildman–Crippen MR) is 298 cm³/mol. The Morgan fingerprint density at radius 3 is 1.71 bits per heavy atom. The van der Waals surface area contributed by atoms with Gasteiger partial charge in [-0.1, -0.05) is 109 Å². The molecule has 5 heterocycles. The summed E-state index contributed by atoms with van der Waals surface area (Å²) in [4.78, 5) is 34.3. The van der Waals surface area contributed by atoms with Crippen molar-refractivity contribution < 1.29 is 28.5 Å². The van der Waals surface area contributed by atoms with Gasteiger partial charge in [-0.15, -0.1) is 6.58 Å². The fraction of sp³-hybridized carbons (Fsp3) is 0.483. The maximum atomic E-state index is 12.4. The van der Waals surface area contributed by atoms with Crippen molar-refractivity contribution in [2.24, 2.45) is 0 Å². The van der Waals surface area contributed by atoms with Crippen molar-refractivity contribution in [2.45, 2.75) is 154 Å². The molecule has 9 rings (SSSR count). The SMILES string of the molecule is C=CCn1c(-c2c(C=C)ncn2COCC[Si](C)(C)C)c(C2CCCCC2)c2ccc(C(=O)OC)cc21.COC(=O)c1ccc2c(C3CCCCC3)c3n(c2c1)CC=Cc1ncn(COCC[Si](C)(C)C)c1-3. The fourth-order valence-electron chi connectivity index (χ4n) is 11.0. The molecule has 2 fully saturated rings. The average Bonchev–Trinajstić information content (AvgIpc) is 4.11. The number of carbonyl (C=O) groups excluding carboxylic acids is 2. The second-order valence-corrected chi connectivity index (χ2v) is 33.6. The molecule has 12 nitrogen and oxygen atoms in total. The Kier molecular flexibility index (Phi) is 16.9. The van der Waals surface area contributed by atoms with E-state index in [1.54, 1.807) is 0 Å². The number of rotatable bonds is 18. The molecular formula is C58H78N6O6Si2. The molecule has 2 aromatic carbocycles. The summed E-state index contributed by atoms with van der Waals surface area (Å²) in [5.74, 6) is 0.317. The topological polar surface area (TPSA) is 117 Å². The lowest BCUT2D eigenvalue weighted by Gasteiger charge is -2.24. The van der Waals surface area contributed by atoms with Crippen LogP contribution in [0.4, 0.5) is 0 Å². The first-order valence-electron chi connectivity index (χ1n) is 26.3. The molecular weight excluding hydrogens is 933 g/mol. The van der Waals surface area contributed by atoms with E-state index < -0.39 is 16.1 Å². The molecule has 6 aromatic rings. The van der Waals surface area contributed by atoms with Gasteiger partial charge in [-0.05, 0) is 97.2 Å². The molecule has 2 saturated carbocycles. The number of carbonyl (C=O) groups is 2. The van der Waals surface area contributed by atoms with Crippen LogP contribution < -0.4 is 0 Å². The number of nitrogens with zero attached hydrogens (tertiary/aromatic N) is 6. The summed E-state index contributed by atoms with van der Waals surface area (Å²) >= 11 is 0. The van der Waals surface area contributed by atoms with E-state index in [1.807, 2.05) is 49.1 Å². The second-order valence-electron chi connectivity index (χ2n) is 22.4. The molecule has 0 bridgehead atoms. The van der Waals surface area contributed by atoms with Crippen molar-refractivity contribution in [1.29, 1.82) is 0 Å². The first-order chi connectivity index (χ1) is 34.7. The molecule has 0 N–H and O–H groups in total. The standard InChI is InChI=1S/C30H41N3O3Si.C28H37N3O3Si/c1-7-16-33-26-19-23(30(34)35-3)14-15-24(26)27(22-12-10-9-11-13-22)29(33)28-25(8-2)31-20-32(28)21-36-17-18-37(4,5)6;1-33-28(32)21-12-13-22-24(17-21)31-14-8-11-23-26(27(31)25(22)20-9-6-5-7-10-20)30(18-29-23)19-34-15-16-35(2,3)4/h7-8,14-15,19-20,22H,1-2,9-13,16-18,21H2,3-6H3;8,11-13,17-18,20H,5-7,9-10,14-16,19H2,1-4H3. The lowest BCUT2D eigenvalue weighted by atomic mass is 9.82. The van der Waals surface area contributed by atoms with Crippen LogP contribution >= 0.6 is 0 Å². The summed E-state index contributed by atoms with van der Waals surface area (Å²) in [5.41, 5.74) is 12.3. The minimum Gasteiger partial charge on any atom is -0.465 e. The summed E-state index contributed by atoms with van der Waals surface area (Å²) < 4.78 is 31.3. The Morgan fingerprint density at radius 2 is 1.18 bits per heavy atom. The lowest BCUT2D eigenvalue weighted by molar-refractivity contribution is 0.0592. The number of allylic oxidation sites excluding steroid dienone is 2. The van der Waals surface area contributed by atoms with E-state index in [1.165, 1.54) is 93.2 Å². The van der Waals surface area contributed by atoms with Crippen LogP contribution in [0.2, 0.25) is 51.4 Å². The Morgan fingerprint density at radius 1 is 0.667 bits per heavy atom. The summed E-state index contributed by atoms with van der Waals surface area (Å²) in [7, 11) is 0.527. The smallest absolute Gasteiger partial charge is 0.337 e. The minimum absolute atomic E-state index is 0.299. The third-order valence-corrected chi connectivity index (χ3v) is 18.2. The van der Waals surface area contributed by atoms with Gasteiger partial charge in [0.05, 0.1) is 72.2 Å². The van der Waals surface area contributed by atoms with Gasteiger partial charge in [-0.3, -0.25) is 0 Å². The number of hydrogen-bond acceptors (Lipinski definition) is 8. The Bertz CT molecular complexity index is 2930. The molecule has 0 saturated heterocycles. The first-order valence-corrected chi connectivity index (χ1v) is 33.7. The van der Waals surface area contributed by atoms with Gasteiger partial charge in [0.1, 0.15) is 13.5 Å². The van der Waals surface area contributed by atoms with Gasteiger partial charge in [-0.25, -0.2) is 19.6 Å². The minimum atomic E-state index is -1.19. The summed E-state index contributed by atoms with van der Waals surface area (Å²) in [5, 5.41) is 2.42. The van der Waals surface area contributed by atoms with Crippen LogP contribution in [0.1, 0.15) is 119 Å². The zero-order chi connectivity index (χ0) is 51.2. The first kappa shape index (κ1) is 52.8. The molecule has 3 aliphatic rings. The zero-order valence-electron chi connectivity index (χ0n) is 44.4. The van der Waals surface area contributed by atoms with E-state index in [-0.39, 0.29) is 11.9 Å². The summed E-state index contributed by atoms with van der Waals surface area (Å²) in [6, 6.07) is 14.2. The van der Waals surface area contributed by atoms with Gasteiger partial charge in [0.15, 0.2) is 0 Å². The number of aromatic nitrogens is 6. The summed E-state index contributed by atoms with van der Waals surface area (Å²) in [6.45, 7) is 26.2. The monoisotopic (exact) mass is 1010 g/mol. The molecule has 0 amide bonds. The maximum Gasteiger partial charge on any atom is 0.337 e. The van der Waals surface area contributed by atoms with E-state index in [9.17, 15) is 9.59 Å². The van der Waals surface area contributed by atoms with Gasteiger partial charge in [0.25, 0.3) is 0 Å². The molecule has 1 aliphatic heterocycles. The molecule has 0 radical (unpaired) electrons. The van der Waals surface area contributed by atoms with Gasteiger partial charge in [0.2, 0.25) is 0 Å². The molecule has 0 atom stereocenters. The third kappa shape index (κ3) is 11.6. The number of imidazole rings is 2. The van der Waals surface area contributed by atoms with Crippen molar-refractivity contribution in [3.8, 4) is 22.8 Å². The van der Waals surface area contributed by atoms with Crippen LogP contribution in [0, 0.1) is 0 Å². The number of fused-ring (bicyclic) bond motifs is 6. The molecule has 0 unspecified atom stereocenters. The van der Waals surface area contributed by atoms with Crippen molar-refractivity contribution in [1.82, 2.24) is 28.2 Å². The maximum absolute atomic E-state index is 12.4. The van der Waals surface area contributed by atoms with Crippen LogP contribution in [0.5, 0.6) is 0 Å². The largest absolute Gasteiger partial charge is 0.465 e. The van der Waals surface area contributed by atoms with E-state index >= 15 is 0 Å². The van der Waals surface area contributed by atoms with Crippen molar-refractivity contribution in [3.63, 3.8) is 0 Å². The van der Waals surface area contributed by atoms with E-state index in [2.05, 4.69) is 95.0 Å². The van der Waals surface area contributed by atoms with Crippen molar-refractivity contribution in [2.75, 3.05) is 27.4 Å². The highest BCUT2D eigenvalue weighted by atomic mass is 28.3. The normalized spacial score (nSPS) is 15.4. The number of ether oxygens (including phenoxy) is 4. The highest BCUT2D eigenvalue weighted by molar-refractivity contribution is 6.76. The molecule has 384 valence electrons. The number of hydrogen-bond donors (Lipinski definition) is 0. The van der Waals surface area contributed by atoms with Crippen LogP contribution in [0.3, 0.4) is 0 Å². The molecule has 72 heavy (non-hydrogen) atoms. The van der Waals surface area contributed by atoms with Gasteiger partial charge >= 0.3 is 11.9 Å². The van der Waals surface area contributed by atoms with Gasteiger partial charge in [-0.2, -0.15) is 0 Å². The van der Waals surface area contributed by atoms with Gasteiger partial charge < -0.3 is 37.2 Å². The average molecular weight is 1010 g/mol. The number of methoxy groups -OCH3 is 2. The lowest BCUT2D eigenvalue weighted by Crippen LogP contribution is -2.22. The van der Waals surface area contributed by atoms with E-state index in [4.69, 9.17) is 28.9 Å². The fourth-order valence-corrected chi connectivity index (χ4v) is 12.5. The summed E-state index contributed by atoms with van der Waals surface area (Å²) in [6.07, 6.45) is 24.1. The Labute approximate surface area is 429 Å². The second kappa shape index (κ2) is 23.1. The number of benzene rings is 2. The van der Waals surface area contributed by atoms with E-state index in [0.29, 0.717) is 43.0 Å². The van der Waals surface area contributed by atoms with Crippen LogP contribution in [0.15, 0.2) is 74.4 Å². The predicted octanol–water partition coefficient (Wildman–Crippen LogP) is 14.2. The van der Waals surface area contributed by atoms with Crippen LogP contribution in [0.25, 0.3) is 56.7 Å². The molecule has 14 heteroatoms. The zero-order valence-corrected chi connectivity index (χ0v) is 46.4. The Hall–Kier alpha value is -5.55. The number of esters is 2. The highest BCUT2D eigenvalue weighted by Gasteiger charge is 2.32. The van der Waals surface area contributed by atoms with Crippen molar-refractivity contribution in [3.05, 3.63) is 108 Å². The molecule has 0 spiro atoms. The third-order valence-electron chi connectivity index (χ3n) is 14.8. The quantitative estimate of drug-likeness (QED) is 0.0362. The highest BCUT2D eigenvalue weighted by Crippen LogP contribution is 2.47. The van der Waals surface area contributed by atoms with Crippen molar-refractivity contribution >= 4 is 62.0 Å². The Balaban J connectivity index is 0.000000193. The van der Waals surface area contributed by atoms with Gasteiger partial charge in [0, 0.05) is 64.3 Å². The van der Waals surface area contributed by atoms with E-state index in [0.717, 1.165) is 84.2 Å².